The maximum atomic E-state index is 11.4. The Kier molecular flexibility index (Phi) is 3.70. The van der Waals surface area contributed by atoms with E-state index in [0.717, 1.165) is 0 Å². The lowest BCUT2D eigenvalue weighted by Gasteiger charge is -2.10. The summed E-state index contributed by atoms with van der Waals surface area (Å²) in [5, 5.41) is 6.68. The van der Waals surface area contributed by atoms with E-state index in [4.69, 9.17) is 9.47 Å². The lowest BCUT2D eigenvalue weighted by molar-refractivity contribution is 0.0594. The lowest BCUT2D eigenvalue weighted by Crippen LogP contribution is -2.00. The Labute approximate surface area is 110 Å². The van der Waals surface area contributed by atoms with Gasteiger partial charge in [-0.05, 0) is 18.2 Å². The minimum atomic E-state index is -0.503. The second kappa shape index (κ2) is 5.43. The van der Waals surface area contributed by atoms with E-state index < -0.39 is 5.97 Å². The van der Waals surface area contributed by atoms with Crippen molar-refractivity contribution in [1.29, 1.82) is 0 Å². The second-order valence-electron chi connectivity index (χ2n) is 3.70. The number of aromatic amines is 1. The van der Waals surface area contributed by atoms with Crippen LogP contribution in [0.1, 0.15) is 10.5 Å². The van der Waals surface area contributed by atoms with Gasteiger partial charge in [-0.2, -0.15) is 5.10 Å². The highest BCUT2D eigenvalue weighted by atomic mass is 16.5. The number of rotatable bonds is 4. The fourth-order valence-corrected chi connectivity index (χ4v) is 1.78. The molecular weight excluding hydrogens is 248 g/mol. The van der Waals surface area contributed by atoms with Crippen LogP contribution in [0.4, 0.5) is 0 Å². The Bertz CT molecular complexity index is 570. The summed E-state index contributed by atoms with van der Waals surface area (Å²) in [5.41, 5.74) is 1.52. The van der Waals surface area contributed by atoms with Gasteiger partial charge in [0.1, 0.15) is 11.5 Å². The first-order valence-corrected chi connectivity index (χ1v) is 5.56. The third-order valence-corrected chi connectivity index (χ3v) is 2.67. The topological polar surface area (TPSA) is 73.4 Å². The molecule has 19 heavy (non-hydrogen) atoms. The number of nitrogens with one attached hydrogen (secondary N) is 1. The molecule has 0 atom stereocenters. The molecule has 2 aromatic rings. The van der Waals surface area contributed by atoms with Gasteiger partial charge in [-0.1, -0.05) is 6.07 Å². The molecule has 0 saturated carbocycles. The second-order valence-corrected chi connectivity index (χ2v) is 3.70. The van der Waals surface area contributed by atoms with E-state index in [2.05, 4.69) is 14.9 Å². The fraction of sp³-hybridized carbons (Fsp3) is 0.231. The number of aromatic nitrogens is 2. The standard InChI is InChI=1S/C13H14N2O4/c1-17-10-5-4-6-11(18-2)12(10)8-7-9(15-14-8)13(16)19-3/h4-7H,1-3H3,(H,14,15). The summed E-state index contributed by atoms with van der Waals surface area (Å²) in [4.78, 5) is 11.4. The molecule has 1 aromatic carbocycles. The Morgan fingerprint density at radius 3 is 2.32 bits per heavy atom. The van der Waals surface area contributed by atoms with E-state index in [9.17, 15) is 4.79 Å². The van der Waals surface area contributed by atoms with Gasteiger partial charge in [0.15, 0.2) is 5.69 Å². The van der Waals surface area contributed by atoms with Gasteiger partial charge in [0.25, 0.3) is 0 Å². The molecule has 1 N–H and O–H groups in total. The number of carbonyl (C=O) groups excluding carboxylic acids is 1. The predicted octanol–water partition coefficient (Wildman–Crippen LogP) is 1.88. The molecule has 6 nitrogen and oxygen atoms in total. The van der Waals surface area contributed by atoms with Crippen LogP contribution in [-0.2, 0) is 4.74 Å². The van der Waals surface area contributed by atoms with Crippen molar-refractivity contribution in [2.75, 3.05) is 21.3 Å². The summed E-state index contributed by atoms with van der Waals surface area (Å²) in [5.74, 6) is 0.746. The summed E-state index contributed by atoms with van der Waals surface area (Å²) in [7, 11) is 4.44. The normalized spacial score (nSPS) is 10.1. The summed E-state index contributed by atoms with van der Waals surface area (Å²) >= 11 is 0. The summed E-state index contributed by atoms with van der Waals surface area (Å²) in [6.07, 6.45) is 0. The van der Waals surface area contributed by atoms with Crippen molar-refractivity contribution < 1.29 is 19.0 Å². The van der Waals surface area contributed by atoms with Crippen molar-refractivity contribution in [2.45, 2.75) is 0 Å². The van der Waals surface area contributed by atoms with Crippen molar-refractivity contribution in [3.05, 3.63) is 30.0 Å². The number of esters is 1. The molecule has 0 aliphatic carbocycles. The van der Waals surface area contributed by atoms with Crippen LogP contribution >= 0.6 is 0 Å². The molecular formula is C13H14N2O4. The van der Waals surface area contributed by atoms with Gasteiger partial charge in [0, 0.05) is 0 Å². The van der Waals surface area contributed by atoms with Crippen LogP contribution in [0.2, 0.25) is 0 Å². The van der Waals surface area contributed by atoms with Crippen LogP contribution in [0.3, 0.4) is 0 Å². The molecule has 0 saturated heterocycles. The van der Waals surface area contributed by atoms with E-state index in [1.54, 1.807) is 32.4 Å². The van der Waals surface area contributed by atoms with Crippen LogP contribution in [0, 0.1) is 0 Å². The molecule has 1 heterocycles. The average Bonchev–Trinajstić information content (AvgIpc) is 2.94. The van der Waals surface area contributed by atoms with Crippen LogP contribution in [0.25, 0.3) is 11.3 Å². The minimum Gasteiger partial charge on any atom is -0.496 e. The molecule has 2 rings (SSSR count). The van der Waals surface area contributed by atoms with Crippen LogP contribution < -0.4 is 9.47 Å². The Balaban J connectivity index is 2.51. The van der Waals surface area contributed by atoms with Crippen molar-refractivity contribution in [3.63, 3.8) is 0 Å². The van der Waals surface area contributed by atoms with E-state index in [1.807, 2.05) is 6.07 Å². The van der Waals surface area contributed by atoms with E-state index in [0.29, 0.717) is 22.8 Å². The molecule has 0 aliphatic rings. The maximum absolute atomic E-state index is 11.4. The summed E-state index contributed by atoms with van der Waals surface area (Å²) < 4.78 is 15.2. The largest absolute Gasteiger partial charge is 0.496 e. The number of hydrogen-bond acceptors (Lipinski definition) is 5. The lowest BCUT2D eigenvalue weighted by atomic mass is 10.1. The number of methoxy groups -OCH3 is 3. The van der Waals surface area contributed by atoms with E-state index in [-0.39, 0.29) is 5.69 Å². The molecule has 6 heteroatoms. The first-order chi connectivity index (χ1) is 9.21. The highest BCUT2D eigenvalue weighted by Crippen LogP contribution is 2.37. The molecule has 0 spiro atoms. The Morgan fingerprint density at radius 1 is 1.16 bits per heavy atom. The first-order valence-electron chi connectivity index (χ1n) is 5.56. The third-order valence-electron chi connectivity index (χ3n) is 2.67. The van der Waals surface area contributed by atoms with Gasteiger partial charge in [-0.3, -0.25) is 5.10 Å². The van der Waals surface area contributed by atoms with Crippen molar-refractivity contribution >= 4 is 5.97 Å². The van der Waals surface area contributed by atoms with Gasteiger partial charge < -0.3 is 14.2 Å². The molecule has 0 aliphatic heterocycles. The van der Waals surface area contributed by atoms with Crippen LogP contribution in [-0.4, -0.2) is 37.5 Å². The number of benzene rings is 1. The zero-order valence-electron chi connectivity index (χ0n) is 10.9. The average molecular weight is 262 g/mol. The monoisotopic (exact) mass is 262 g/mol. The number of hydrogen-bond donors (Lipinski definition) is 1. The van der Waals surface area contributed by atoms with E-state index >= 15 is 0 Å². The third kappa shape index (κ3) is 2.37. The van der Waals surface area contributed by atoms with Crippen molar-refractivity contribution in [3.8, 4) is 22.8 Å². The number of ether oxygens (including phenoxy) is 3. The Morgan fingerprint density at radius 2 is 1.79 bits per heavy atom. The molecule has 0 unspecified atom stereocenters. The zero-order valence-corrected chi connectivity index (χ0v) is 10.9. The number of nitrogens with zero attached hydrogens (tertiary/aromatic N) is 1. The molecule has 0 radical (unpaired) electrons. The van der Waals surface area contributed by atoms with Crippen molar-refractivity contribution in [2.24, 2.45) is 0 Å². The quantitative estimate of drug-likeness (QED) is 0.851. The first kappa shape index (κ1) is 12.9. The van der Waals surface area contributed by atoms with Crippen LogP contribution in [0.5, 0.6) is 11.5 Å². The molecule has 1 aromatic heterocycles. The summed E-state index contributed by atoms with van der Waals surface area (Å²) in [6.45, 7) is 0. The van der Waals surface area contributed by atoms with Gasteiger partial charge in [-0.25, -0.2) is 4.79 Å². The molecule has 100 valence electrons. The van der Waals surface area contributed by atoms with Gasteiger partial charge in [0.05, 0.1) is 32.6 Å². The highest BCUT2D eigenvalue weighted by molar-refractivity contribution is 5.89. The highest BCUT2D eigenvalue weighted by Gasteiger charge is 2.17. The number of H-pyrrole nitrogens is 1. The van der Waals surface area contributed by atoms with Crippen molar-refractivity contribution in [1.82, 2.24) is 10.2 Å². The Hall–Kier alpha value is -2.50. The fourth-order valence-electron chi connectivity index (χ4n) is 1.78. The minimum absolute atomic E-state index is 0.199. The SMILES string of the molecule is COC(=O)c1cc(-c2c(OC)cccc2OC)[nH]n1. The number of carbonyl (C=O) groups is 1. The van der Waals surface area contributed by atoms with Gasteiger partial charge >= 0.3 is 5.97 Å². The van der Waals surface area contributed by atoms with Gasteiger partial charge in [0.2, 0.25) is 0 Å². The summed E-state index contributed by atoms with van der Waals surface area (Å²) in [6, 6.07) is 7.01. The zero-order chi connectivity index (χ0) is 13.8. The molecule has 0 bridgehead atoms. The molecule has 0 fully saturated rings. The smallest absolute Gasteiger partial charge is 0.358 e. The van der Waals surface area contributed by atoms with E-state index in [1.165, 1.54) is 7.11 Å². The molecule has 0 amide bonds. The van der Waals surface area contributed by atoms with Gasteiger partial charge in [-0.15, -0.1) is 0 Å². The maximum Gasteiger partial charge on any atom is 0.358 e. The predicted molar refractivity (Wildman–Crippen MR) is 68.5 cm³/mol. The van der Waals surface area contributed by atoms with Crippen LogP contribution in [0.15, 0.2) is 24.3 Å².